The molecule has 0 saturated carbocycles. The molecule has 0 N–H and O–H groups in total. The van der Waals surface area contributed by atoms with Gasteiger partial charge in [0.1, 0.15) is 11.5 Å². The van der Waals surface area contributed by atoms with Gasteiger partial charge in [-0.3, -0.25) is 0 Å². The Kier molecular flexibility index (Phi) is 10.4. The van der Waals surface area contributed by atoms with Crippen LogP contribution < -0.4 is 9.64 Å². The third kappa shape index (κ3) is 6.50. The fraction of sp³-hybridized carbons (Fsp3) is 0.0337. The van der Waals surface area contributed by atoms with Gasteiger partial charge in [0.05, 0.1) is 21.9 Å². The summed E-state index contributed by atoms with van der Waals surface area (Å²) in [5.74, 6) is 1.83. The lowest BCUT2D eigenvalue weighted by molar-refractivity contribution is 0.447. The van der Waals surface area contributed by atoms with Gasteiger partial charge in [0.15, 0.2) is 0 Å². The molecule has 0 atom stereocenters. The highest BCUT2D eigenvalue weighted by Crippen LogP contribution is 2.67. The topological polar surface area (TPSA) is 12.5 Å². The van der Waals surface area contributed by atoms with Crippen molar-refractivity contribution in [1.82, 2.24) is 0 Å². The van der Waals surface area contributed by atoms with Gasteiger partial charge in [-0.1, -0.05) is 297 Å². The summed E-state index contributed by atoms with van der Waals surface area (Å²) in [5, 5.41) is 4.52. The predicted molar refractivity (Wildman–Crippen MR) is 373 cm³/mol. The van der Waals surface area contributed by atoms with Crippen molar-refractivity contribution in [1.29, 1.82) is 0 Å². The van der Waals surface area contributed by atoms with E-state index in [2.05, 4.69) is 339 Å². The van der Waals surface area contributed by atoms with Crippen molar-refractivity contribution < 1.29 is 4.74 Å². The molecule has 2 heteroatoms. The van der Waals surface area contributed by atoms with Crippen molar-refractivity contribution in [3.05, 3.63) is 400 Å². The summed E-state index contributed by atoms with van der Waals surface area (Å²) in [6.07, 6.45) is 0. The van der Waals surface area contributed by atoms with Gasteiger partial charge in [-0.15, -0.1) is 0 Å². The summed E-state index contributed by atoms with van der Waals surface area (Å²) in [7, 11) is 0. The third-order valence-corrected chi connectivity index (χ3v) is 21.2. The summed E-state index contributed by atoms with van der Waals surface area (Å²) in [6.45, 7) is 0. The summed E-state index contributed by atoms with van der Waals surface area (Å²) < 4.78 is 7.38. The maximum atomic E-state index is 7.38. The molecule has 0 amide bonds. The zero-order valence-corrected chi connectivity index (χ0v) is 49.6. The Bertz CT molecular complexity index is 5430. The molecule has 2 nitrogen and oxygen atoms in total. The van der Waals surface area contributed by atoms with Gasteiger partial charge < -0.3 is 9.64 Å². The quantitative estimate of drug-likeness (QED) is 0.165. The first kappa shape index (κ1) is 50.4. The predicted octanol–water partition coefficient (Wildman–Crippen LogP) is 22.3. The van der Waals surface area contributed by atoms with Crippen LogP contribution in [-0.2, 0) is 16.2 Å². The largest absolute Gasteiger partial charge is 0.455 e. The number of hydrogen-bond donors (Lipinski definition) is 0. The molecule has 1 aliphatic heterocycles. The summed E-state index contributed by atoms with van der Waals surface area (Å²) in [6, 6.07) is 126. The number of rotatable bonds is 6. The Labute approximate surface area is 528 Å². The minimum atomic E-state index is -0.692. The molecular formula is C89H55NO. The number of nitrogens with zero attached hydrogens (tertiary/aromatic N) is 1. The Morgan fingerprint density at radius 1 is 0.231 bits per heavy atom. The molecule has 1 heterocycles. The van der Waals surface area contributed by atoms with Crippen molar-refractivity contribution in [2.24, 2.45) is 0 Å². The Balaban J connectivity index is 0.838. The summed E-state index contributed by atoms with van der Waals surface area (Å²) in [5.41, 5.74) is 29.0. The highest BCUT2D eigenvalue weighted by Gasteiger charge is 2.54. The molecular weight excluding hydrogens is 1100 g/mol. The monoisotopic (exact) mass is 1150 g/mol. The van der Waals surface area contributed by atoms with Gasteiger partial charge in [-0.05, 0) is 153 Å². The van der Waals surface area contributed by atoms with Crippen molar-refractivity contribution in [2.45, 2.75) is 16.2 Å². The van der Waals surface area contributed by atoms with E-state index in [4.69, 9.17) is 4.74 Å². The van der Waals surface area contributed by atoms with Crippen molar-refractivity contribution in [2.75, 3.05) is 4.90 Å². The number of fused-ring (bicyclic) bond motifs is 26. The number of benzene rings is 15. The molecule has 5 aliphatic rings. The summed E-state index contributed by atoms with van der Waals surface area (Å²) >= 11 is 0. The molecule has 20 rings (SSSR count). The molecule has 2 spiro atoms. The molecule has 0 saturated heterocycles. The smallest absolute Gasteiger partial charge is 0.140 e. The van der Waals surface area contributed by atoms with Gasteiger partial charge >= 0.3 is 0 Å². The minimum absolute atomic E-state index is 0.476. The molecule has 0 radical (unpaired) electrons. The highest BCUT2D eigenvalue weighted by atomic mass is 16.5. The van der Waals surface area contributed by atoms with E-state index in [-0.39, 0.29) is 0 Å². The minimum Gasteiger partial charge on any atom is -0.455 e. The van der Waals surface area contributed by atoms with Crippen molar-refractivity contribution in [3.63, 3.8) is 0 Å². The lowest BCUT2D eigenvalue weighted by Gasteiger charge is -2.40. The second-order valence-corrected chi connectivity index (χ2v) is 25.2. The Morgan fingerprint density at radius 3 is 1.23 bits per heavy atom. The second-order valence-electron chi connectivity index (χ2n) is 25.2. The molecule has 0 aromatic heterocycles. The lowest BCUT2D eigenvalue weighted by atomic mass is 9.65. The maximum absolute atomic E-state index is 7.38. The molecule has 422 valence electrons. The van der Waals surface area contributed by atoms with E-state index in [1.54, 1.807) is 0 Å². The van der Waals surface area contributed by atoms with Crippen molar-refractivity contribution in [3.8, 4) is 67.1 Å². The molecule has 0 unspecified atom stereocenters. The van der Waals surface area contributed by atoms with E-state index in [9.17, 15) is 0 Å². The van der Waals surface area contributed by atoms with Crippen LogP contribution in [0.15, 0.2) is 334 Å². The first-order chi connectivity index (χ1) is 45.1. The SMILES string of the molecule is c1ccc(C2(c3ccccc3)c3ccccc3-c3c(N(c4cccc(-c5ccc6c(c5)C5(c7ccccc7-6)c6ccc7ccccc7c6Oc6c5ccc5ccccc65)c4)c4ccc5c(c4)-c4ccccc4C54c5ccccc5-c5ccccc54)cccc32)cc1. The van der Waals surface area contributed by atoms with Gasteiger partial charge in [-0.2, -0.15) is 0 Å². The van der Waals surface area contributed by atoms with Crippen LogP contribution in [0.3, 0.4) is 0 Å². The average Bonchev–Trinajstić information content (AvgIpc) is 1.58. The van der Waals surface area contributed by atoms with Gasteiger partial charge in [0.25, 0.3) is 0 Å². The van der Waals surface area contributed by atoms with E-state index in [0.29, 0.717) is 0 Å². The van der Waals surface area contributed by atoms with Crippen LogP contribution in [0.4, 0.5) is 17.1 Å². The molecule has 4 aliphatic carbocycles. The number of hydrogen-bond acceptors (Lipinski definition) is 2. The van der Waals surface area contributed by atoms with Crippen LogP contribution in [0.1, 0.15) is 66.8 Å². The molecule has 15 aromatic carbocycles. The molecule has 0 bridgehead atoms. The van der Waals surface area contributed by atoms with Crippen LogP contribution in [0.2, 0.25) is 0 Å². The zero-order valence-electron chi connectivity index (χ0n) is 49.6. The van der Waals surface area contributed by atoms with Crippen LogP contribution in [0.5, 0.6) is 11.5 Å². The first-order valence-electron chi connectivity index (χ1n) is 31.8. The second kappa shape index (κ2) is 18.7. The molecule has 91 heavy (non-hydrogen) atoms. The average molecular weight is 1150 g/mol. The summed E-state index contributed by atoms with van der Waals surface area (Å²) in [4.78, 5) is 2.57. The standard InChI is InChI=1S/C89H55NO/c1-3-26-60(27-4-1)87(61-28-5-2-6-29-61)77-42-20-15-37-71(77)84-79(87)43-22-44-83(84)90(63-48-52-78-72(55-63)69-36-14-19-41-76(69)88(78)73-38-16-11-33-66(73)67-34-12-17-39-74(67)88)62-30-21-25-58(53-62)59-45-49-70-68-35-13-18-40-75(68)89(82(70)54-59)80-50-46-56-23-7-9-31-64(56)85(80)91-86-65-32-10-8-24-57(65)47-51-81(86)89/h1-55H. The van der Waals surface area contributed by atoms with Crippen LogP contribution in [-0.4, -0.2) is 0 Å². The van der Waals surface area contributed by atoms with Crippen LogP contribution in [0.25, 0.3) is 77.2 Å². The van der Waals surface area contributed by atoms with Crippen molar-refractivity contribution >= 4 is 38.6 Å². The Morgan fingerprint density at radius 2 is 0.648 bits per heavy atom. The van der Waals surface area contributed by atoms with Crippen LogP contribution >= 0.6 is 0 Å². The van der Waals surface area contributed by atoms with Gasteiger partial charge in [0.2, 0.25) is 0 Å². The first-order valence-corrected chi connectivity index (χ1v) is 31.8. The van der Waals surface area contributed by atoms with Gasteiger partial charge in [-0.25, -0.2) is 0 Å². The van der Waals surface area contributed by atoms with E-state index < -0.39 is 16.2 Å². The van der Waals surface area contributed by atoms with E-state index >= 15 is 0 Å². The molecule has 0 fully saturated rings. The maximum Gasteiger partial charge on any atom is 0.140 e. The van der Waals surface area contributed by atoms with Gasteiger partial charge in [0, 0.05) is 38.8 Å². The van der Waals surface area contributed by atoms with E-state index in [1.807, 2.05) is 0 Å². The van der Waals surface area contributed by atoms with E-state index in [1.165, 1.54) is 100 Å². The highest BCUT2D eigenvalue weighted by molar-refractivity contribution is 6.03. The lowest BCUT2D eigenvalue weighted by Crippen LogP contribution is -2.32. The number of ether oxygens (including phenoxy) is 1. The van der Waals surface area contributed by atoms with E-state index in [0.717, 1.165) is 72.4 Å². The fourth-order valence-electron chi connectivity index (χ4n) is 17.7. The normalized spacial score (nSPS) is 14.5. The fourth-order valence-corrected chi connectivity index (χ4v) is 17.7. The third-order valence-electron chi connectivity index (χ3n) is 21.2. The van der Waals surface area contributed by atoms with Crippen LogP contribution in [0, 0.1) is 0 Å². The Hall–Kier alpha value is -11.6. The number of anilines is 3. The molecule has 15 aromatic rings. The zero-order chi connectivity index (χ0) is 59.6.